The van der Waals surface area contributed by atoms with Crippen LogP contribution >= 0.6 is 0 Å². The molecule has 0 saturated heterocycles. The number of carbonyl (C=O) groups excluding carboxylic acids is 1. The minimum Gasteiger partial charge on any atom is -0.480 e. The molecule has 0 aliphatic rings. The molecule has 0 aromatic carbocycles. The first-order chi connectivity index (χ1) is 9.40. The van der Waals surface area contributed by atoms with Crippen LogP contribution in [-0.2, 0) is 11.2 Å². The molecule has 0 radical (unpaired) electrons. The van der Waals surface area contributed by atoms with Gasteiger partial charge in [0.15, 0.2) is 0 Å². The fourth-order valence-corrected chi connectivity index (χ4v) is 1.51. The van der Waals surface area contributed by atoms with Gasteiger partial charge in [-0.3, -0.25) is 0 Å². The first kappa shape index (κ1) is 16.0. The van der Waals surface area contributed by atoms with Crippen molar-refractivity contribution < 1.29 is 14.7 Å². The minimum atomic E-state index is -1.08. The normalized spacial score (nSPS) is 13.8. The number of rotatable bonds is 7. The Bertz CT molecular complexity index is 431. The lowest BCUT2D eigenvalue weighted by Crippen LogP contribution is -2.48. The average molecular weight is 282 g/mol. The Labute approximate surface area is 118 Å². The highest BCUT2D eigenvalue weighted by molar-refractivity contribution is 5.82. The topological polar surface area (TPSA) is 107 Å². The second kappa shape index (κ2) is 7.52. The first-order valence-corrected chi connectivity index (χ1v) is 6.64. The maximum Gasteiger partial charge on any atom is 0.326 e. The number of carbonyl (C=O) groups is 2. The molecule has 1 unspecified atom stereocenters. The van der Waals surface area contributed by atoms with E-state index in [2.05, 4.69) is 34.4 Å². The van der Waals surface area contributed by atoms with Crippen LogP contribution in [0.25, 0.3) is 0 Å². The molecule has 112 valence electrons. The molecule has 1 heterocycles. The Morgan fingerprint density at radius 2 is 2.10 bits per heavy atom. The summed E-state index contributed by atoms with van der Waals surface area (Å²) in [7, 11) is 0. The van der Waals surface area contributed by atoms with E-state index < -0.39 is 18.0 Å². The summed E-state index contributed by atoms with van der Waals surface area (Å²) in [6.45, 7) is 6.69. The Balaban J connectivity index is 2.45. The number of hydrogen-bond donors (Lipinski definition) is 4. The van der Waals surface area contributed by atoms with Crippen molar-refractivity contribution in [1.29, 1.82) is 0 Å². The molecule has 0 spiro atoms. The molecule has 2 atom stereocenters. The van der Waals surface area contributed by atoms with E-state index in [0.29, 0.717) is 24.1 Å². The number of imidazole rings is 1. The van der Waals surface area contributed by atoms with Crippen LogP contribution in [0.15, 0.2) is 12.5 Å². The Morgan fingerprint density at radius 3 is 2.60 bits per heavy atom. The smallest absolute Gasteiger partial charge is 0.326 e. The van der Waals surface area contributed by atoms with Gasteiger partial charge in [0.25, 0.3) is 0 Å². The number of hydrogen-bond acceptors (Lipinski definition) is 3. The summed E-state index contributed by atoms with van der Waals surface area (Å²) in [4.78, 5) is 29.5. The van der Waals surface area contributed by atoms with Gasteiger partial charge in [0.1, 0.15) is 6.04 Å². The molecule has 20 heavy (non-hydrogen) atoms. The fourth-order valence-electron chi connectivity index (χ4n) is 1.51. The van der Waals surface area contributed by atoms with Gasteiger partial charge in [0.2, 0.25) is 0 Å². The van der Waals surface area contributed by atoms with E-state index in [1.165, 1.54) is 12.5 Å². The highest BCUT2D eigenvalue weighted by Crippen LogP contribution is 2.07. The summed E-state index contributed by atoms with van der Waals surface area (Å²) in [5.74, 6) is -0.293. The third-order valence-electron chi connectivity index (χ3n) is 3.30. The number of carboxylic acid groups (broad SMARTS) is 1. The summed E-state index contributed by atoms with van der Waals surface area (Å²) < 4.78 is 0. The van der Waals surface area contributed by atoms with Crippen LogP contribution in [0.4, 0.5) is 4.79 Å². The van der Waals surface area contributed by atoms with E-state index in [9.17, 15) is 9.59 Å². The van der Waals surface area contributed by atoms with Crippen molar-refractivity contribution in [2.45, 2.75) is 33.2 Å². The number of amides is 2. The van der Waals surface area contributed by atoms with E-state index in [1.807, 2.05) is 6.92 Å². The van der Waals surface area contributed by atoms with Crippen molar-refractivity contribution in [1.82, 2.24) is 20.6 Å². The van der Waals surface area contributed by atoms with Gasteiger partial charge in [-0.1, -0.05) is 20.8 Å². The van der Waals surface area contributed by atoms with Crippen molar-refractivity contribution in [3.8, 4) is 0 Å². The number of nitrogens with zero attached hydrogens (tertiary/aromatic N) is 1. The molecule has 0 fully saturated rings. The summed E-state index contributed by atoms with van der Waals surface area (Å²) in [6, 6.07) is -1.45. The predicted octanol–water partition coefficient (Wildman–Crippen LogP) is 0.997. The first-order valence-electron chi connectivity index (χ1n) is 6.64. The van der Waals surface area contributed by atoms with E-state index in [1.54, 1.807) is 0 Å². The van der Waals surface area contributed by atoms with Gasteiger partial charge in [0, 0.05) is 24.9 Å². The lowest BCUT2D eigenvalue weighted by Gasteiger charge is -2.18. The summed E-state index contributed by atoms with van der Waals surface area (Å²) in [6.07, 6.45) is 3.18. The number of nitrogens with one attached hydrogen (secondary N) is 3. The average Bonchev–Trinajstić information content (AvgIpc) is 2.87. The second-order valence-electron chi connectivity index (χ2n) is 5.25. The number of carboxylic acids is 1. The minimum absolute atomic E-state index is 0.169. The standard InChI is InChI=1S/C13H22N4O3/c1-8(2)9(3)5-15-13(20)17-11(12(18)19)4-10-6-14-7-16-10/h6-9,11H,4-5H2,1-3H3,(H,14,16)(H,18,19)(H2,15,17,20)/t9?,11-/m1/s1. The van der Waals surface area contributed by atoms with Crippen LogP contribution < -0.4 is 10.6 Å². The molecular weight excluding hydrogens is 260 g/mol. The molecule has 4 N–H and O–H groups in total. The van der Waals surface area contributed by atoms with Crippen LogP contribution in [0.1, 0.15) is 26.5 Å². The number of aromatic amines is 1. The SMILES string of the molecule is CC(C)C(C)CNC(=O)N[C@H](Cc1cnc[nH]1)C(=O)O. The Morgan fingerprint density at radius 1 is 1.40 bits per heavy atom. The van der Waals surface area contributed by atoms with Gasteiger partial charge < -0.3 is 20.7 Å². The molecule has 7 heteroatoms. The van der Waals surface area contributed by atoms with Crippen molar-refractivity contribution in [3.05, 3.63) is 18.2 Å². The zero-order chi connectivity index (χ0) is 15.1. The van der Waals surface area contributed by atoms with Crippen molar-refractivity contribution >= 4 is 12.0 Å². The quantitative estimate of drug-likeness (QED) is 0.598. The van der Waals surface area contributed by atoms with E-state index in [4.69, 9.17) is 5.11 Å². The molecule has 2 amide bonds. The highest BCUT2D eigenvalue weighted by atomic mass is 16.4. The van der Waals surface area contributed by atoms with Crippen molar-refractivity contribution in [2.24, 2.45) is 11.8 Å². The van der Waals surface area contributed by atoms with Gasteiger partial charge >= 0.3 is 12.0 Å². The maximum absolute atomic E-state index is 11.7. The molecule has 1 aromatic heterocycles. The monoisotopic (exact) mass is 282 g/mol. The van der Waals surface area contributed by atoms with Gasteiger partial charge in [-0.05, 0) is 11.8 Å². The lowest BCUT2D eigenvalue weighted by atomic mass is 9.98. The highest BCUT2D eigenvalue weighted by Gasteiger charge is 2.21. The molecular formula is C13H22N4O3. The predicted molar refractivity (Wildman–Crippen MR) is 74.3 cm³/mol. The zero-order valence-electron chi connectivity index (χ0n) is 12.0. The van der Waals surface area contributed by atoms with Crippen molar-refractivity contribution in [2.75, 3.05) is 6.54 Å². The van der Waals surface area contributed by atoms with Gasteiger partial charge in [-0.25, -0.2) is 14.6 Å². The fraction of sp³-hybridized carbons (Fsp3) is 0.615. The number of H-pyrrole nitrogens is 1. The van der Waals surface area contributed by atoms with E-state index in [-0.39, 0.29) is 6.42 Å². The molecule has 0 bridgehead atoms. The second-order valence-corrected chi connectivity index (χ2v) is 5.25. The Hall–Kier alpha value is -2.05. The summed E-state index contributed by atoms with van der Waals surface area (Å²) in [5.41, 5.74) is 0.660. The van der Waals surface area contributed by atoms with Crippen LogP contribution in [0.3, 0.4) is 0 Å². The largest absolute Gasteiger partial charge is 0.480 e. The van der Waals surface area contributed by atoms with Crippen LogP contribution in [0.2, 0.25) is 0 Å². The van der Waals surface area contributed by atoms with Gasteiger partial charge in [0.05, 0.1) is 6.33 Å². The molecule has 1 rings (SSSR count). The number of aromatic nitrogens is 2. The van der Waals surface area contributed by atoms with Gasteiger partial charge in [-0.2, -0.15) is 0 Å². The Kier molecular flexibility index (Phi) is 6.02. The van der Waals surface area contributed by atoms with Crippen LogP contribution in [0.5, 0.6) is 0 Å². The van der Waals surface area contributed by atoms with E-state index >= 15 is 0 Å². The molecule has 0 aliphatic carbocycles. The molecule has 1 aromatic rings. The number of urea groups is 1. The van der Waals surface area contributed by atoms with Crippen LogP contribution in [-0.4, -0.2) is 39.7 Å². The molecule has 0 aliphatic heterocycles. The third-order valence-corrected chi connectivity index (χ3v) is 3.30. The van der Waals surface area contributed by atoms with Gasteiger partial charge in [-0.15, -0.1) is 0 Å². The zero-order valence-corrected chi connectivity index (χ0v) is 12.0. The summed E-state index contributed by atoms with van der Waals surface area (Å²) in [5, 5.41) is 14.3. The third kappa shape index (κ3) is 5.29. The molecule has 0 saturated carbocycles. The summed E-state index contributed by atoms with van der Waals surface area (Å²) >= 11 is 0. The van der Waals surface area contributed by atoms with Crippen molar-refractivity contribution in [3.63, 3.8) is 0 Å². The lowest BCUT2D eigenvalue weighted by molar-refractivity contribution is -0.139. The van der Waals surface area contributed by atoms with E-state index in [0.717, 1.165) is 0 Å². The maximum atomic E-state index is 11.7. The van der Waals surface area contributed by atoms with Crippen LogP contribution in [0, 0.1) is 11.8 Å². The molecule has 7 nitrogen and oxygen atoms in total. The number of aliphatic carboxylic acids is 1.